The third kappa shape index (κ3) is 0.973. The van der Waals surface area contributed by atoms with E-state index in [9.17, 15) is 0 Å². The summed E-state index contributed by atoms with van der Waals surface area (Å²) in [5.74, 6) is 0. The van der Waals surface area contributed by atoms with E-state index in [1.54, 1.807) is 0 Å². The van der Waals surface area contributed by atoms with Crippen molar-refractivity contribution < 1.29 is 0 Å². The van der Waals surface area contributed by atoms with E-state index >= 15 is 0 Å². The minimum absolute atomic E-state index is 1.16. The van der Waals surface area contributed by atoms with Crippen molar-refractivity contribution in [3.8, 4) is 0 Å². The van der Waals surface area contributed by atoms with Crippen LogP contribution in [0.2, 0.25) is 0 Å². The highest BCUT2D eigenvalue weighted by molar-refractivity contribution is 6.06. The van der Waals surface area contributed by atoms with Gasteiger partial charge in [-0.1, -0.05) is 12.1 Å². The Morgan fingerprint density at radius 2 is 1.14 bits per heavy atom. The van der Waals surface area contributed by atoms with Gasteiger partial charge in [0.1, 0.15) is 0 Å². The number of nitrogens with zero attached hydrogens (tertiary/aromatic N) is 2. The molecule has 0 bridgehead atoms. The fraction of sp³-hybridized carbons (Fsp3) is 0. The Hall–Kier alpha value is -1.96. The van der Waals surface area contributed by atoms with Gasteiger partial charge in [0.15, 0.2) is 0 Å². The summed E-state index contributed by atoms with van der Waals surface area (Å²) < 4.78 is 0. The minimum Gasteiger partial charge on any atom is -0.264 e. The zero-order chi connectivity index (χ0) is 9.38. The standard InChI is InChI=1S/C12H8N2/c1-2-10-4-6-14-8-12(10)11-7-13-5-3-9(1)11/h1-8H. The first-order chi connectivity index (χ1) is 6.95. The topological polar surface area (TPSA) is 25.8 Å². The van der Waals surface area contributed by atoms with Crippen molar-refractivity contribution in [2.75, 3.05) is 0 Å². The lowest BCUT2D eigenvalue weighted by atomic mass is 10.1. The summed E-state index contributed by atoms with van der Waals surface area (Å²) in [6, 6.07) is 8.25. The highest BCUT2D eigenvalue weighted by Gasteiger charge is 1.98. The van der Waals surface area contributed by atoms with Gasteiger partial charge in [0, 0.05) is 35.6 Å². The van der Waals surface area contributed by atoms with Crippen LogP contribution in [0.5, 0.6) is 0 Å². The van der Waals surface area contributed by atoms with E-state index in [1.165, 1.54) is 10.8 Å². The molecule has 0 amide bonds. The van der Waals surface area contributed by atoms with Crippen molar-refractivity contribution in [3.63, 3.8) is 0 Å². The number of aromatic nitrogens is 2. The van der Waals surface area contributed by atoms with Gasteiger partial charge in [-0.25, -0.2) is 0 Å². The first kappa shape index (κ1) is 7.44. The average molecular weight is 180 g/mol. The number of fused-ring (bicyclic) bond motifs is 3. The Morgan fingerprint density at radius 1 is 0.643 bits per heavy atom. The van der Waals surface area contributed by atoms with Gasteiger partial charge < -0.3 is 0 Å². The molecule has 3 aromatic rings. The highest BCUT2D eigenvalue weighted by Crippen LogP contribution is 2.22. The summed E-state index contributed by atoms with van der Waals surface area (Å²) in [5, 5.41) is 4.75. The van der Waals surface area contributed by atoms with E-state index in [2.05, 4.69) is 22.1 Å². The van der Waals surface area contributed by atoms with Crippen LogP contribution in [0.1, 0.15) is 0 Å². The fourth-order valence-electron chi connectivity index (χ4n) is 1.73. The summed E-state index contributed by atoms with van der Waals surface area (Å²) in [6.45, 7) is 0. The second-order valence-electron chi connectivity index (χ2n) is 3.26. The molecular weight excluding hydrogens is 172 g/mol. The van der Waals surface area contributed by atoms with E-state index in [0.717, 1.165) is 10.8 Å². The Labute approximate surface area is 81.2 Å². The lowest BCUT2D eigenvalue weighted by Gasteiger charge is -2.01. The van der Waals surface area contributed by atoms with Gasteiger partial charge in [0.2, 0.25) is 0 Å². The zero-order valence-electron chi connectivity index (χ0n) is 7.51. The van der Waals surface area contributed by atoms with Gasteiger partial charge >= 0.3 is 0 Å². The summed E-state index contributed by atoms with van der Waals surface area (Å²) in [6.07, 6.45) is 7.40. The highest BCUT2D eigenvalue weighted by atomic mass is 14.6. The molecule has 0 N–H and O–H groups in total. The van der Waals surface area contributed by atoms with Gasteiger partial charge in [-0.15, -0.1) is 0 Å². The lowest BCUT2D eigenvalue weighted by molar-refractivity contribution is 1.35. The van der Waals surface area contributed by atoms with Crippen molar-refractivity contribution in [2.24, 2.45) is 0 Å². The van der Waals surface area contributed by atoms with Crippen molar-refractivity contribution in [3.05, 3.63) is 49.1 Å². The summed E-state index contributed by atoms with van der Waals surface area (Å²) in [4.78, 5) is 8.27. The lowest BCUT2D eigenvalue weighted by Crippen LogP contribution is -1.79. The molecule has 0 atom stereocenters. The minimum atomic E-state index is 1.16. The number of hydrogen-bond acceptors (Lipinski definition) is 2. The predicted octanol–water partition coefficient (Wildman–Crippen LogP) is 2.78. The maximum atomic E-state index is 4.14. The van der Waals surface area contributed by atoms with Crippen molar-refractivity contribution in [1.82, 2.24) is 9.97 Å². The molecule has 1 aromatic carbocycles. The van der Waals surface area contributed by atoms with Crippen LogP contribution in [0.4, 0.5) is 0 Å². The van der Waals surface area contributed by atoms with E-state index in [0.29, 0.717) is 0 Å². The predicted molar refractivity (Wildman–Crippen MR) is 57.0 cm³/mol. The van der Waals surface area contributed by atoms with E-state index in [-0.39, 0.29) is 0 Å². The van der Waals surface area contributed by atoms with Gasteiger partial charge in [0.05, 0.1) is 0 Å². The van der Waals surface area contributed by atoms with Crippen LogP contribution in [-0.2, 0) is 0 Å². The van der Waals surface area contributed by atoms with Gasteiger partial charge in [-0.3, -0.25) is 9.97 Å². The number of rotatable bonds is 0. The largest absolute Gasteiger partial charge is 0.264 e. The maximum Gasteiger partial charge on any atom is 0.0353 e. The zero-order valence-corrected chi connectivity index (χ0v) is 7.51. The molecular formula is C12H8N2. The van der Waals surface area contributed by atoms with Crippen LogP contribution in [0.25, 0.3) is 21.5 Å². The van der Waals surface area contributed by atoms with E-state index in [4.69, 9.17) is 0 Å². The molecule has 3 rings (SSSR count). The molecule has 2 aromatic heterocycles. The van der Waals surface area contributed by atoms with Crippen molar-refractivity contribution >= 4 is 21.5 Å². The Balaban J connectivity index is 2.61. The molecule has 0 saturated heterocycles. The molecule has 0 aliphatic heterocycles. The van der Waals surface area contributed by atoms with Crippen LogP contribution in [-0.4, -0.2) is 9.97 Å². The molecule has 0 fully saturated rings. The number of hydrogen-bond donors (Lipinski definition) is 0. The molecule has 2 heterocycles. The number of pyridine rings is 2. The molecule has 0 radical (unpaired) electrons. The van der Waals surface area contributed by atoms with E-state index < -0.39 is 0 Å². The quantitative estimate of drug-likeness (QED) is 0.497. The first-order valence-corrected chi connectivity index (χ1v) is 4.51. The van der Waals surface area contributed by atoms with Crippen LogP contribution < -0.4 is 0 Å². The normalized spacial score (nSPS) is 10.9. The van der Waals surface area contributed by atoms with Gasteiger partial charge in [-0.05, 0) is 22.9 Å². The SMILES string of the molecule is c1cc2ccc3ccncc3c2cn1. The summed E-state index contributed by atoms with van der Waals surface area (Å²) in [5.41, 5.74) is 0. The third-order valence-electron chi connectivity index (χ3n) is 2.44. The van der Waals surface area contributed by atoms with Gasteiger partial charge in [0.25, 0.3) is 0 Å². The number of benzene rings is 1. The van der Waals surface area contributed by atoms with Crippen LogP contribution in [0.3, 0.4) is 0 Å². The Morgan fingerprint density at radius 3 is 1.64 bits per heavy atom. The second kappa shape index (κ2) is 2.77. The van der Waals surface area contributed by atoms with Crippen molar-refractivity contribution in [2.45, 2.75) is 0 Å². The molecule has 2 nitrogen and oxygen atoms in total. The third-order valence-corrected chi connectivity index (χ3v) is 2.44. The summed E-state index contributed by atoms with van der Waals surface area (Å²) >= 11 is 0. The monoisotopic (exact) mass is 180 g/mol. The maximum absolute atomic E-state index is 4.14. The van der Waals surface area contributed by atoms with E-state index in [1.807, 2.05) is 36.9 Å². The summed E-state index contributed by atoms with van der Waals surface area (Å²) in [7, 11) is 0. The fourth-order valence-corrected chi connectivity index (χ4v) is 1.73. The molecule has 2 heteroatoms. The second-order valence-corrected chi connectivity index (χ2v) is 3.26. The van der Waals surface area contributed by atoms with Crippen LogP contribution in [0, 0.1) is 0 Å². The first-order valence-electron chi connectivity index (χ1n) is 4.51. The Kier molecular flexibility index (Phi) is 1.47. The van der Waals surface area contributed by atoms with Crippen molar-refractivity contribution in [1.29, 1.82) is 0 Å². The molecule has 0 saturated carbocycles. The smallest absolute Gasteiger partial charge is 0.0353 e. The molecule has 0 aliphatic rings. The molecule has 0 spiro atoms. The van der Waals surface area contributed by atoms with Crippen LogP contribution >= 0.6 is 0 Å². The molecule has 14 heavy (non-hydrogen) atoms. The molecule has 0 aliphatic carbocycles. The molecule has 66 valence electrons. The molecule has 0 unspecified atom stereocenters. The Bertz CT molecular complexity index is 547. The van der Waals surface area contributed by atoms with Gasteiger partial charge in [-0.2, -0.15) is 0 Å². The average Bonchev–Trinajstić information content (AvgIpc) is 2.29. The van der Waals surface area contributed by atoms with Crippen LogP contribution in [0.15, 0.2) is 49.1 Å².